The molecular weight excluding hydrogens is 512 g/mol. The van der Waals surface area contributed by atoms with E-state index in [-0.39, 0.29) is 0 Å². The van der Waals surface area contributed by atoms with Crippen LogP contribution in [0.4, 0.5) is 17.1 Å². The van der Waals surface area contributed by atoms with Gasteiger partial charge < -0.3 is 9.47 Å². The third-order valence-corrected chi connectivity index (χ3v) is 7.82. The lowest BCUT2D eigenvalue weighted by Crippen LogP contribution is -2.09. The Bertz CT molecular complexity index is 2140. The maximum absolute atomic E-state index is 4.84. The Labute approximate surface area is 243 Å². The summed E-state index contributed by atoms with van der Waals surface area (Å²) in [7, 11) is 0. The molecule has 0 bridgehead atoms. The van der Waals surface area contributed by atoms with Gasteiger partial charge in [0.2, 0.25) is 0 Å². The van der Waals surface area contributed by atoms with Crippen LogP contribution in [-0.4, -0.2) is 14.5 Å². The van der Waals surface area contributed by atoms with Crippen molar-refractivity contribution in [2.45, 2.75) is 0 Å². The minimum Gasteiger partial charge on any atom is -0.310 e. The average molecular weight is 539 g/mol. The van der Waals surface area contributed by atoms with Gasteiger partial charge >= 0.3 is 0 Å². The van der Waals surface area contributed by atoms with E-state index in [0.29, 0.717) is 0 Å². The number of aromatic nitrogens is 3. The van der Waals surface area contributed by atoms with Gasteiger partial charge in [-0.05, 0) is 84.9 Å². The van der Waals surface area contributed by atoms with Gasteiger partial charge in [-0.1, -0.05) is 66.7 Å². The van der Waals surface area contributed by atoms with Crippen molar-refractivity contribution >= 4 is 49.9 Å². The topological polar surface area (TPSA) is 34.0 Å². The van der Waals surface area contributed by atoms with Crippen molar-refractivity contribution in [2.75, 3.05) is 4.90 Å². The molecule has 0 aliphatic carbocycles. The van der Waals surface area contributed by atoms with Crippen LogP contribution in [0.1, 0.15) is 0 Å². The normalized spacial score (nSPS) is 11.3. The summed E-state index contributed by atoms with van der Waals surface area (Å²) in [6, 6.07) is 53.2. The van der Waals surface area contributed by atoms with Gasteiger partial charge in [0.05, 0.1) is 27.8 Å². The SMILES string of the molecule is c1ccc(N(c2ccccc2)c2ccc3c(c2)c2ccccc2n3-c2ccc(-c3ccc4ncccc4n3)cc2)cc1. The molecule has 8 aromatic rings. The van der Waals surface area contributed by atoms with Crippen LogP contribution in [0.15, 0.2) is 158 Å². The van der Waals surface area contributed by atoms with Crippen LogP contribution >= 0.6 is 0 Å². The van der Waals surface area contributed by atoms with Crippen LogP contribution in [-0.2, 0) is 0 Å². The second-order valence-electron chi connectivity index (χ2n) is 10.3. The summed E-state index contributed by atoms with van der Waals surface area (Å²) in [5.41, 5.74) is 10.7. The fourth-order valence-electron chi connectivity index (χ4n) is 5.88. The number of para-hydroxylation sites is 3. The lowest BCUT2D eigenvalue weighted by Gasteiger charge is -2.25. The Morgan fingerprint density at radius 1 is 0.476 bits per heavy atom. The molecule has 5 aromatic carbocycles. The molecule has 0 unspecified atom stereocenters. The maximum atomic E-state index is 4.84. The van der Waals surface area contributed by atoms with Gasteiger partial charge in [-0.15, -0.1) is 0 Å². The molecule has 0 amide bonds. The van der Waals surface area contributed by atoms with E-state index in [1.165, 1.54) is 21.8 Å². The van der Waals surface area contributed by atoms with Gasteiger partial charge in [0.25, 0.3) is 0 Å². The number of benzene rings is 5. The molecule has 0 radical (unpaired) electrons. The molecule has 0 spiro atoms. The first kappa shape index (κ1) is 24.1. The average Bonchev–Trinajstić information content (AvgIpc) is 3.39. The fourth-order valence-corrected chi connectivity index (χ4v) is 5.88. The molecule has 0 aliphatic heterocycles. The van der Waals surface area contributed by atoms with E-state index < -0.39 is 0 Å². The van der Waals surface area contributed by atoms with Crippen LogP contribution < -0.4 is 4.90 Å². The van der Waals surface area contributed by atoms with Crippen molar-refractivity contribution in [1.29, 1.82) is 0 Å². The van der Waals surface area contributed by atoms with E-state index in [1.54, 1.807) is 6.20 Å². The fraction of sp³-hybridized carbons (Fsp3) is 0. The molecule has 0 fully saturated rings. The third kappa shape index (κ3) is 4.09. The Morgan fingerprint density at radius 2 is 1.17 bits per heavy atom. The number of pyridine rings is 2. The number of hydrogen-bond acceptors (Lipinski definition) is 3. The number of anilines is 3. The summed E-state index contributed by atoms with van der Waals surface area (Å²) < 4.78 is 2.35. The van der Waals surface area contributed by atoms with E-state index in [9.17, 15) is 0 Å². The molecule has 3 heterocycles. The summed E-state index contributed by atoms with van der Waals surface area (Å²) in [6.07, 6.45) is 1.80. The minimum absolute atomic E-state index is 0.900. The van der Waals surface area contributed by atoms with Crippen molar-refractivity contribution in [3.8, 4) is 16.9 Å². The van der Waals surface area contributed by atoms with E-state index in [0.717, 1.165) is 45.0 Å². The van der Waals surface area contributed by atoms with Crippen molar-refractivity contribution in [1.82, 2.24) is 14.5 Å². The summed E-state index contributed by atoms with van der Waals surface area (Å²) >= 11 is 0. The molecule has 3 aromatic heterocycles. The van der Waals surface area contributed by atoms with Crippen LogP contribution in [0.5, 0.6) is 0 Å². The van der Waals surface area contributed by atoms with Crippen LogP contribution in [0, 0.1) is 0 Å². The zero-order valence-electron chi connectivity index (χ0n) is 22.8. The molecule has 4 heteroatoms. The maximum Gasteiger partial charge on any atom is 0.0894 e. The highest BCUT2D eigenvalue weighted by atomic mass is 15.1. The molecule has 8 rings (SSSR count). The minimum atomic E-state index is 0.900. The van der Waals surface area contributed by atoms with Crippen molar-refractivity contribution < 1.29 is 0 Å². The standard InChI is InChI=1S/C38H26N4/c1-3-10-28(11-4-1)41(29-12-5-2-6-13-29)31-21-24-38-33(26-31)32-14-7-8-16-37(32)42(38)30-19-17-27(18-20-30)34-22-23-35-36(40-34)15-9-25-39-35/h1-26H. The number of rotatable bonds is 5. The van der Waals surface area contributed by atoms with Gasteiger partial charge in [0.1, 0.15) is 0 Å². The highest BCUT2D eigenvalue weighted by Crippen LogP contribution is 2.39. The van der Waals surface area contributed by atoms with E-state index in [4.69, 9.17) is 4.98 Å². The second kappa shape index (κ2) is 10.0. The smallest absolute Gasteiger partial charge is 0.0894 e. The molecule has 0 saturated carbocycles. The molecule has 0 atom stereocenters. The van der Waals surface area contributed by atoms with E-state index in [1.807, 2.05) is 24.3 Å². The lowest BCUT2D eigenvalue weighted by atomic mass is 10.1. The van der Waals surface area contributed by atoms with Gasteiger partial charge in [-0.2, -0.15) is 0 Å². The quantitative estimate of drug-likeness (QED) is 0.219. The number of hydrogen-bond donors (Lipinski definition) is 0. The van der Waals surface area contributed by atoms with E-state index >= 15 is 0 Å². The Kier molecular flexibility index (Phi) is 5.75. The summed E-state index contributed by atoms with van der Waals surface area (Å²) in [4.78, 5) is 11.6. The van der Waals surface area contributed by atoms with Crippen LogP contribution in [0.25, 0.3) is 49.8 Å². The Hall–Kier alpha value is -5.74. The predicted octanol–water partition coefficient (Wildman–Crippen LogP) is 9.86. The lowest BCUT2D eigenvalue weighted by molar-refractivity contribution is 1.18. The molecule has 4 nitrogen and oxygen atoms in total. The Morgan fingerprint density at radius 3 is 1.93 bits per heavy atom. The summed E-state index contributed by atoms with van der Waals surface area (Å²) in [5.74, 6) is 0. The third-order valence-electron chi connectivity index (χ3n) is 7.82. The zero-order chi connectivity index (χ0) is 27.9. The molecule has 198 valence electrons. The Balaban J connectivity index is 1.26. The van der Waals surface area contributed by atoms with Crippen molar-refractivity contribution in [3.63, 3.8) is 0 Å². The molecule has 0 aliphatic rings. The molecule has 42 heavy (non-hydrogen) atoms. The summed E-state index contributed by atoms with van der Waals surface area (Å²) in [5, 5.41) is 2.44. The van der Waals surface area contributed by atoms with Crippen molar-refractivity contribution in [3.05, 3.63) is 158 Å². The highest BCUT2D eigenvalue weighted by molar-refractivity contribution is 6.10. The van der Waals surface area contributed by atoms with Gasteiger partial charge in [-0.25, -0.2) is 4.98 Å². The predicted molar refractivity (Wildman–Crippen MR) is 174 cm³/mol. The largest absolute Gasteiger partial charge is 0.310 e. The van der Waals surface area contributed by atoms with Crippen LogP contribution in [0.2, 0.25) is 0 Å². The van der Waals surface area contributed by atoms with Crippen molar-refractivity contribution in [2.24, 2.45) is 0 Å². The zero-order valence-corrected chi connectivity index (χ0v) is 22.8. The van der Waals surface area contributed by atoms with Gasteiger partial charge in [0.15, 0.2) is 0 Å². The molecule has 0 saturated heterocycles. The van der Waals surface area contributed by atoms with Gasteiger partial charge in [0, 0.05) is 45.3 Å². The first-order valence-corrected chi connectivity index (χ1v) is 14.1. The highest BCUT2D eigenvalue weighted by Gasteiger charge is 2.17. The number of nitrogens with zero attached hydrogens (tertiary/aromatic N) is 4. The van der Waals surface area contributed by atoms with Gasteiger partial charge in [-0.3, -0.25) is 4.98 Å². The first-order chi connectivity index (χ1) is 20.8. The molecular formula is C38H26N4. The van der Waals surface area contributed by atoms with Crippen LogP contribution in [0.3, 0.4) is 0 Å². The molecule has 0 N–H and O–H groups in total. The first-order valence-electron chi connectivity index (χ1n) is 14.1. The number of fused-ring (bicyclic) bond motifs is 4. The summed E-state index contributed by atoms with van der Waals surface area (Å²) in [6.45, 7) is 0. The second-order valence-corrected chi connectivity index (χ2v) is 10.3. The van der Waals surface area contributed by atoms with E-state index in [2.05, 4.69) is 142 Å². The monoisotopic (exact) mass is 538 g/mol.